The van der Waals surface area contributed by atoms with Crippen LogP contribution in [0.15, 0.2) is 0 Å². The molecule has 0 fully saturated rings. The van der Waals surface area contributed by atoms with Crippen molar-refractivity contribution in [3.63, 3.8) is 0 Å². The van der Waals surface area contributed by atoms with Crippen LogP contribution in [-0.4, -0.2) is 11.1 Å². The molecule has 0 saturated carbocycles. The van der Waals surface area contributed by atoms with Crippen molar-refractivity contribution in [1.29, 1.82) is 0 Å². The van der Waals surface area contributed by atoms with Gasteiger partial charge < -0.3 is 0 Å². The molecular formula is CH4F6N2OPY. The van der Waals surface area contributed by atoms with E-state index in [9.17, 15) is 25.2 Å². The molecule has 4 N–H and O–H groups in total. The Hall–Kier alpha value is 0.384. The Bertz CT molecular complexity index is 165. The zero-order valence-corrected chi connectivity index (χ0v) is 9.05. The molecule has 12 heavy (non-hydrogen) atoms. The Morgan fingerprint density at radius 3 is 1.25 bits per heavy atom. The molecule has 3 nitrogen and oxygen atoms in total. The molecule has 11 heteroatoms. The van der Waals surface area contributed by atoms with E-state index >= 15 is 0 Å². The van der Waals surface area contributed by atoms with Crippen LogP contribution < -0.4 is 7.86 Å². The van der Waals surface area contributed by atoms with Gasteiger partial charge in [0, 0.05) is 0 Å². The molecule has 0 aromatic heterocycles. The van der Waals surface area contributed by atoms with Crippen molar-refractivity contribution in [2.24, 2.45) is 5.73 Å². The third-order valence-corrected chi connectivity index (χ3v) is 0.875. The number of hydrogen-bond donors (Lipinski definition) is 3. The summed E-state index contributed by atoms with van der Waals surface area (Å²) in [4.78, 5) is 0. The van der Waals surface area contributed by atoms with E-state index in [1.807, 2.05) is 0 Å². The van der Waals surface area contributed by atoms with Crippen LogP contribution in [0.25, 0.3) is 0 Å². The molecule has 0 heterocycles. The average Bonchev–Trinajstić information content (AvgIpc) is 1.56. The zero-order valence-electron chi connectivity index (χ0n) is 5.32. The maximum atomic E-state index is 9.87. The van der Waals surface area contributed by atoms with Crippen molar-refractivity contribution < 1.29 is 63.7 Å². The third kappa shape index (κ3) is 161. The SMILES string of the molecule is F[P-](F)(F)(F)(F)F.NC(O)=[NH+][Y]. The molecule has 0 aromatic rings. The van der Waals surface area contributed by atoms with Crippen molar-refractivity contribution in [1.82, 2.24) is 0 Å². The topological polar surface area (TPSA) is 60.2 Å². The fraction of sp³-hybridized carbons (Fsp3) is 0. The van der Waals surface area contributed by atoms with Gasteiger partial charge in [-0.05, 0) is 0 Å². The Kier molecular flexibility index (Phi) is 4.05. The van der Waals surface area contributed by atoms with E-state index in [1.165, 1.54) is 0 Å². The van der Waals surface area contributed by atoms with Gasteiger partial charge in [0.1, 0.15) is 0 Å². The summed E-state index contributed by atoms with van der Waals surface area (Å²) in [6.45, 7) is 0. The fourth-order valence-corrected chi connectivity index (χ4v) is 0. The van der Waals surface area contributed by atoms with Crippen LogP contribution >= 0.6 is 7.81 Å². The molecular weight excluding hydrogens is 290 g/mol. The number of halogens is 6. The second-order valence-corrected chi connectivity index (χ2v) is 4.11. The van der Waals surface area contributed by atoms with E-state index in [4.69, 9.17) is 5.11 Å². The van der Waals surface area contributed by atoms with Gasteiger partial charge in [-0.25, -0.2) is 0 Å². The van der Waals surface area contributed by atoms with E-state index in [2.05, 4.69) is 7.86 Å². The molecule has 0 atom stereocenters. The summed E-state index contributed by atoms with van der Waals surface area (Å²) in [7, 11) is -10.7. The van der Waals surface area contributed by atoms with Crippen molar-refractivity contribution in [3.05, 3.63) is 0 Å². The van der Waals surface area contributed by atoms with E-state index in [0.717, 1.165) is 31.3 Å². The van der Waals surface area contributed by atoms with Crippen molar-refractivity contribution >= 4 is 13.8 Å². The predicted octanol–water partition coefficient (Wildman–Crippen LogP) is 0.784. The number of nitrogens with one attached hydrogen (secondary N) is 1. The van der Waals surface area contributed by atoms with Gasteiger partial charge >= 0.3 is 83.3 Å². The minimum atomic E-state index is -10.7. The molecule has 0 aliphatic carbocycles. The molecule has 0 aliphatic heterocycles. The van der Waals surface area contributed by atoms with Gasteiger partial charge in [-0.15, -0.1) is 0 Å². The summed E-state index contributed by atoms with van der Waals surface area (Å²) in [6.07, 6.45) is 0. The van der Waals surface area contributed by atoms with Gasteiger partial charge in [-0.3, -0.25) is 0 Å². The standard InChI is InChI=1S/CH4N2O.F6P.Y/c2-1(3)4;1-7(2,3,4,5)6;/h(H4,2,3,4);;/q;-1;+1. The van der Waals surface area contributed by atoms with Crippen molar-refractivity contribution in [2.75, 3.05) is 0 Å². The van der Waals surface area contributed by atoms with Crippen LogP contribution in [0.2, 0.25) is 0 Å². The first kappa shape index (κ1) is 14.9. The van der Waals surface area contributed by atoms with Crippen LogP contribution in [0.5, 0.6) is 0 Å². The summed E-state index contributed by atoms with van der Waals surface area (Å²) in [5.74, 6) is 0. The van der Waals surface area contributed by atoms with Crippen molar-refractivity contribution in [2.45, 2.75) is 0 Å². The summed E-state index contributed by atoms with van der Waals surface area (Å²) in [5.41, 5.74) is 4.69. The monoisotopic (exact) mass is 294 g/mol. The summed E-state index contributed by atoms with van der Waals surface area (Å²) >= 11 is 0.764. The Balaban J connectivity index is 0. The molecule has 0 spiro atoms. The van der Waals surface area contributed by atoms with Crippen LogP contribution in [0, 0.1) is 0 Å². The Morgan fingerprint density at radius 1 is 1.17 bits per heavy atom. The van der Waals surface area contributed by atoms with Crippen LogP contribution in [-0.2, 0) is 31.3 Å². The first-order valence-electron chi connectivity index (χ1n) is 2.07. The summed E-state index contributed by atoms with van der Waals surface area (Å²) < 4.78 is 61.6. The van der Waals surface area contributed by atoms with E-state index in [1.54, 1.807) is 0 Å². The van der Waals surface area contributed by atoms with Gasteiger partial charge in [0.15, 0.2) is 0 Å². The average molecular weight is 294 g/mol. The molecule has 74 valence electrons. The van der Waals surface area contributed by atoms with Gasteiger partial charge in [0.05, 0.1) is 0 Å². The van der Waals surface area contributed by atoms with E-state index in [-0.39, 0.29) is 6.02 Å². The molecule has 0 aliphatic rings. The van der Waals surface area contributed by atoms with E-state index in [0.29, 0.717) is 0 Å². The number of rotatable bonds is 0. The number of nitrogens with two attached hydrogens (primary N) is 1. The second-order valence-electron chi connectivity index (χ2n) is 1.49. The Labute approximate surface area is 83.2 Å². The molecule has 0 unspecified atom stereocenters. The molecule has 0 saturated heterocycles. The van der Waals surface area contributed by atoms with Crippen molar-refractivity contribution in [3.8, 4) is 0 Å². The fourth-order valence-electron chi connectivity index (χ4n) is 0. The van der Waals surface area contributed by atoms with Crippen LogP contribution in [0.4, 0.5) is 25.2 Å². The predicted molar refractivity (Wildman–Crippen MR) is 26.4 cm³/mol. The quantitative estimate of drug-likeness (QED) is 0.268. The number of aliphatic hydroxyl groups is 1. The molecule has 0 bridgehead atoms. The third-order valence-electron chi connectivity index (χ3n) is 0.148. The molecule has 0 rings (SSSR count). The number of hydrogen-bond acceptors (Lipinski definition) is 0. The minimum absolute atomic E-state index is 0.188. The zero-order chi connectivity index (χ0) is 10.7. The van der Waals surface area contributed by atoms with Crippen LogP contribution in [0.3, 0.4) is 0 Å². The molecule has 0 aromatic carbocycles. The normalized spacial score (nSPS) is 18.2. The number of aliphatic hydroxyl groups excluding tert-OH is 1. The van der Waals surface area contributed by atoms with Gasteiger partial charge in [0.25, 0.3) is 0 Å². The van der Waals surface area contributed by atoms with Crippen LogP contribution in [0.1, 0.15) is 0 Å². The van der Waals surface area contributed by atoms with Gasteiger partial charge in [-0.1, -0.05) is 0 Å². The molecule has 0 radical (unpaired) electrons. The first-order valence-corrected chi connectivity index (χ1v) is 5.51. The second kappa shape index (κ2) is 3.27. The van der Waals surface area contributed by atoms with Gasteiger partial charge in [-0.2, -0.15) is 0 Å². The number of amidine groups is 1. The summed E-state index contributed by atoms with van der Waals surface area (Å²) in [5, 5.41) is 7.98. The summed E-state index contributed by atoms with van der Waals surface area (Å²) in [6, 6.07) is -0.188. The molecule has 0 amide bonds. The van der Waals surface area contributed by atoms with E-state index < -0.39 is 7.81 Å². The first-order chi connectivity index (χ1) is 4.72. The maximum absolute atomic E-state index is 10.7. The van der Waals surface area contributed by atoms with Gasteiger partial charge in [0.2, 0.25) is 0 Å². The Morgan fingerprint density at radius 2 is 1.25 bits per heavy atom.